The van der Waals surface area contributed by atoms with Gasteiger partial charge in [0.25, 0.3) is 0 Å². The zero-order valence-corrected chi connectivity index (χ0v) is 31.9. The lowest BCUT2D eigenvalue weighted by atomic mass is 9.82. The number of carbonyl (C=O) groups excluding carboxylic acids is 1. The van der Waals surface area contributed by atoms with Gasteiger partial charge in [0, 0.05) is 55.6 Å². The Morgan fingerprint density at radius 1 is 1.13 bits per heavy atom. The lowest BCUT2D eigenvalue weighted by Crippen LogP contribution is -2.43. The molecule has 2 atom stereocenters. The molecule has 0 spiro atoms. The average Bonchev–Trinajstić information content (AvgIpc) is 3.59. The highest BCUT2D eigenvalue weighted by Crippen LogP contribution is 2.32. The van der Waals surface area contributed by atoms with E-state index in [1.807, 2.05) is 58.9 Å². The van der Waals surface area contributed by atoms with Crippen molar-refractivity contribution >= 4 is 29.2 Å². The first-order chi connectivity index (χ1) is 24.9. The summed E-state index contributed by atoms with van der Waals surface area (Å²) >= 11 is 6.61. The number of esters is 1. The third-order valence-electron chi connectivity index (χ3n) is 9.59. The van der Waals surface area contributed by atoms with Crippen molar-refractivity contribution < 1.29 is 19.0 Å². The average molecular weight is 737 g/mol. The molecule has 14 nitrogen and oxygen atoms in total. The number of nitriles is 1. The molecule has 2 aliphatic rings. The molecule has 2 fully saturated rings. The number of nitrogens with zero attached hydrogens (tertiary/aromatic N) is 7. The van der Waals surface area contributed by atoms with Crippen molar-refractivity contribution in [3.63, 3.8) is 0 Å². The van der Waals surface area contributed by atoms with Crippen LogP contribution >= 0.6 is 11.6 Å². The molecule has 0 aromatic carbocycles. The van der Waals surface area contributed by atoms with Crippen molar-refractivity contribution in [1.29, 1.82) is 5.26 Å². The SMILES string of the molecule is CC(C)[C@H](OC(=O)C(C)(C)C)n1nnnc1COC[C@H](C)NC1CCC(Nc2cc(-c3cccc(NCC4(C#N)CCOCC4)n3)c(Cl)cn2)CC1. The number of hydrogen-bond acceptors (Lipinski definition) is 13. The molecular weight excluding hydrogens is 684 g/mol. The number of rotatable bonds is 15. The molecule has 3 aromatic rings. The van der Waals surface area contributed by atoms with E-state index >= 15 is 0 Å². The lowest BCUT2D eigenvalue weighted by Gasteiger charge is -2.32. The Morgan fingerprint density at radius 2 is 1.87 bits per heavy atom. The van der Waals surface area contributed by atoms with E-state index in [0.29, 0.717) is 61.9 Å². The first kappa shape index (κ1) is 39.3. The van der Waals surface area contributed by atoms with Crippen LogP contribution in [-0.4, -0.2) is 80.6 Å². The summed E-state index contributed by atoms with van der Waals surface area (Å²) in [5, 5.41) is 33.1. The van der Waals surface area contributed by atoms with Crippen LogP contribution in [0.4, 0.5) is 11.6 Å². The minimum absolute atomic E-state index is 0.0277. The standard InChI is InChI=1S/C37H53ClN10O4/c1-24(2)34(52-35(49)36(4,5)6)48-33(45-46-47-48)21-51-20-25(3)42-26-10-12-27(13-11-26)43-32-18-28(29(38)19-40-32)30-8-7-9-31(44-30)41-23-37(22-39)14-16-50-17-15-37/h7-9,18-19,24-27,34,42H,10-17,20-21,23H2,1-6H3,(H,40,43)(H,41,44)/t25-,26?,27?,34-/m0/s1. The molecule has 0 radical (unpaired) electrons. The van der Waals surface area contributed by atoms with Gasteiger partial charge in [0.05, 0.1) is 34.2 Å². The van der Waals surface area contributed by atoms with Crippen molar-refractivity contribution in [2.24, 2.45) is 16.7 Å². The van der Waals surface area contributed by atoms with Crippen LogP contribution < -0.4 is 16.0 Å². The Kier molecular flexibility index (Phi) is 13.4. The Hall–Kier alpha value is -3.90. The smallest absolute Gasteiger partial charge is 0.313 e. The third kappa shape index (κ3) is 10.6. The highest BCUT2D eigenvalue weighted by atomic mass is 35.5. The summed E-state index contributed by atoms with van der Waals surface area (Å²) < 4.78 is 18.8. The zero-order chi connectivity index (χ0) is 37.3. The lowest BCUT2D eigenvalue weighted by molar-refractivity contribution is -0.168. The molecule has 1 aliphatic heterocycles. The van der Waals surface area contributed by atoms with Crippen molar-refractivity contribution in [3.05, 3.63) is 41.3 Å². The van der Waals surface area contributed by atoms with E-state index in [2.05, 4.69) is 49.5 Å². The van der Waals surface area contributed by atoms with Crippen molar-refractivity contribution in [2.75, 3.05) is 37.0 Å². The van der Waals surface area contributed by atoms with Crippen LogP contribution in [0.3, 0.4) is 0 Å². The topological polar surface area (TPSA) is 174 Å². The molecule has 52 heavy (non-hydrogen) atoms. The van der Waals surface area contributed by atoms with Crippen molar-refractivity contribution in [2.45, 2.75) is 111 Å². The van der Waals surface area contributed by atoms with Gasteiger partial charge in [-0.25, -0.2) is 9.97 Å². The van der Waals surface area contributed by atoms with Crippen LogP contribution in [0.2, 0.25) is 5.02 Å². The van der Waals surface area contributed by atoms with E-state index in [4.69, 9.17) is 30.8 Å². The van der Waals surface area contributed by atoms with Gasteiger partial charge in [-0.15, -0.1) is 5.10 Å². The summed E-state index contributed by atoms with van der Waals surface area (Å²) in [6.07, 6.45) is 6.47. The number of nitrogens with one attached hydrogen (secondary N) is 3. The monoisotopic (exact) mass is 736 g/mol. The van der Waals surface area contributed by atoms with Crippen molar-refractivity contribution in [3.8, 4) is 17.3 Å². The van der Waals surface area contributed by atoms with Crippen LogP contribution in [0.1, 0.15) is 92.1 Å². The van der Waals surface area contributed by atoms with Crippen LogP contribution in [0.15, 0.2) is 30.5 Å². The number of ether oxygens (including phenoxy) is 3. The second kappa shape index (κ2) is 17.7. The number of tetrazole rings is 1. The van der Waals surface area contributed by atoms with E-state index in [0.717, 1.165) is 42.8 Å². The van der Waals surface area contributed by atoms with Crippen LogP contribution in [-0.2, 0) is 25.6 Å². The first-order valence-electron chi connectivity index (χ1n) is 18.3. The molecule has 0 amide bonds. The molecule has 3 N–H and O–H groups in total. The highest BCUT2D eigenvalue weighted by molar-refractivity contribution is 6.33. The molecular formula is C37H53ClN10O4. The fourth-order valence-corrected chi connectivity index (χ4v) is 6.60. The summed E-state index contributed by atoms with van der Waals surface area (Å²) in [6, 6.07) is 11.0. The molecule has 1 aliphatic carbocycles. The fraction of sp³-hybridized carbons (Fsp3) is 0.649. The van der Waals surface area contributed by atoms with Gasteiger partial charge in [-0.2, -0.15) is 9.94 Å². The van der Waals surface area contributed by atoms with Crippen LogP contribution in [0, 0.1) is 28.1 Å². The van der Waals surface area contributed by atoms with Gasteiger partial charge in [-0.3, -0.25) is 4.79 Å². The first-order valence-corrected chi connectivity index (χ1v) is 18.7. The fourth-order valence-electron chi connectivity index (χ4n) is 6.40. The zero-order valence-electron chi connectivity index (χ0n) is 31.2. The molecule has 3 aromatic heterocycles. The quantitative estimate of drug-likeness (QED) is 0.151. The van der Waals surface area contributed by atoms with Gasteiger partial charge >= 0.3 is 5.97 Å². The van der Waals surface area contributed by atoms with E-state index in [9.17, 15) is 10.1 Å². The van der Waals surface area contributed by atoms with Gasteiger partial charge < -0.3 is 30.2 Å². The predicted octanol–water partition coefficient (Wildman–Crippen LogP) is 6.18. The minimum atomic E-state index is -0.635. The van der Waals surface area contributed by atoms with Gasteiger partial charge in [0.2, 0.25) is 6.23 Å². The number of carbonyl (C=O) groups is 1. The number of halogens is 1. The Morgan fingerprint density at radius 3 is 2.56 bits per heavy atom. The highest BCUT2D eigenvalue weighted by Gasteiger charge is 2.33. The summed E-state index contributed by atoms with van der Waals surface area (Å²) in [4.78, 5) is 22.0. The normalized spacial score (nSPS) is 20.1. The molecule has 15 heteroatoms. The second-order valence-corrected chi connectivity index (χ2v) is 15.8. The second-order valence-electron chi connectivity index (χ2n) is 15.4. The molecule has 1 saturated carbocycles. The maximum Gasteiger partial charge on any atom is 0.313 e. The molecule has 5 rings (SSSR count). The molecule has 0 unspecified atom stereocenters. The van der Waals surface area contributed by atoms with Gasteiger partial charge in [0.1, 0.15) is 18.2 Å². The van der Waals surface area contributed by atoms with E-state index in [1.165, 1.54) is 0 Å². The van der Waals surface area contributed by atoms with E-state index in [-0.39, 0.29) is 30.6 Å². The van der Waals surface area contributed by atoms with Crippen LogP contribution in [0.5, 0.6) is 0 Å². The summed E-state index contributed by atoms with van der Waals surface area (Å²) in [6.45, 7) is 13.9. The number of hydrogen-bond donors (Lipinski definition) is 3. The van der Waals surface area contributed by atoms with E-state index in [1.54, 1.807) is 10.9 Å². The van der Waals surface area contributed by atoms with Gasteiger partial charge in [-0.05, 0) is 94.8 Å². The molecule has 282 valence electrons. The van der Waals surface area contributed by atoms with Crippen LogP contribution in [0.25, 0.3) is 11.3 Å². The maximum atomic E-state index is 12.6. The number of anilines is 2. The summed E-state index contributed by atoms with van der Waals surface area (Å²) in [5.74, 6) is 1.64. The molecule has 1 saturated heterocycles. The Labute approximate surface area is 311 Å². The van der Waals surface area contributed by atoms with Crippen molar-refractivity contribution in [1.82, 2.24) is 35.5 Å². The largest absolute Gasteiger partial charge is 0.439 e. The molecule has 0 bridgehead atoms. The number of aromatic nitrogens is 6. The predicted molar refractivity (Wildman–Crippen MR) is 198 cm³/mol. The van der Waals surface area contributed by atoms with Gasteiger partial charge in [-0.1, -0.05) is 31.5 Å². The Balaban J connectivity index is 1.07. The molecule has 4 heterocycles. The summed E-state index contributed by atoms with van der Waals surface area (Å²) in [5.41, 5.74) is 0.450. The van der Waals surface area contributed by atoms with E-state index < -0.39 is 17.1 Å². The summed E-state index contributed by atoms with van der Waals surface area (Å²) in [7, 11) is 0. The van der Waals surface area contributed by atoms with Gasteiger partial charge in [0.15, 0.2) is 5.82 Å². The Bertz CT molecular complexity index is 1660. The minimum Gasteiger partial charge on any atom is -0.439 e. The maximum absolute atomic E-state index is 12.6. The third-order valence-corrected chi connectivity index (χ3v) is 9.89. The number of pyridine rings is 2.